The molecule has 1 saturated carbocycles. The van der Waals surface area contributed by atoms with E-state index in [1.54, 1.807) is 0 Å². The Balaban J connectivity index is 1.87. The summed E-state index contributed by atoms with van der Waals surface area (Å²) in [6.45, 7) is 2.70. The lowest BCUT2D eigenvalue weighted by molar-refractivity contribution is -0.159. The predicted molar refractivity (Wildman–Crippen MR) is 128 cm³/mol. The second-order valence-electron chi connectivity index (χ2n) is 9.29. The van der Waals surface area contributed by atoms with Crippen LogP contribution in [0.2, 0.25) is 0 Å². The molecule has 1 fully saturated rings. The largest absolute Gasteiger partial charge is 0.481 e. The molecule has 31 heavy (non-hydrogen) atoms. The van der Waals surface area contributed by atoms with Crippen LogP contribution in [0.1, 0.15) is 129 Å². The van der Waals surface area contributed by atoms with Crippen molar-refractivity contribution >= 4 is 11.9 Å². The van der Waals surface area contributed by atoms with Gasteiger partial charge >= 0.3 is 11.9 Å². The van der Waals surface area contributed by atoms with Crippen molar-refractivity contribution in [1.29, 1.82) is 0 Å². The normalized spacial score (nSPS) is 19.0. The number of allylic oxidation sites excluding steroid dienone is 2. The number of carboxylic acid groups (broad SMARTS) is 1. The van der Waals surface area contributed by atoms with Crippen LogP contribution >= 0.6 is 0 Å². The number of carboxylic acids is 1. The van der Waals surface area contributed by atoms with Crippen LogP contribution in [0, 0.1) is 11.8 Å². The zero-order chi connectivity index (χ0) is 22.6. The molecule has 2 atom stereocenters. The Morgan fingerprint density at radius 1 is 0.742 bits per heavy atom. The maximum atomic E-state index is 12.2. The van der Waals surface area contributed by atoms with Crippen molar-refractivity contribution < 1.29 is 19.4 Å². The minimum Gasteiger partial charge on any atom is -0.481 e. The van der Waals surface area contributed by atoms with E-state index in [1.165, 1.54) is 83.5 Å². The molecule has 4 nitrogen and oxygen atoms in total. The van der Waals surface area contributed by atoms with E-state index in [2.05, 4.69) is 19.1 Å². The lowest BCUT2D eigenvalue weighted by atomic mass is 9.79. The molecule has 0 amide bonds. The van der Waals surface area contributed by atoms with E-state index >= 15 is 0 Å². The number of unbranched alkanes of at least 4 members (excludes halogenated alkanes) is 13. The van der Waals surface area contributed by atoms with Crippen LogP contribution in [0.3, 0.4) is 0 Å². The van der Waals surface area contributed by atoms with Gasteiger partial charge in [0.1, 0.15) is 0 Å². The fraction of sp³-hybridized carbons (Fsp3) is 0.852. The monoisotopic (exact) mass is 436 g/mol. The molecule has 0 bridgehead atoms. The third-order valence-corrected chi connectivity index (χ3v) is 6.54. The van der Waals surface area contributed by atoms with E-state index in [1.807, 2.05) is 0 Å². The number of esters is 1. The number of rotatable bonds is 19. The molecule has 0 spiro atoms. The Kier molecular flexibility index (Phi) is 17.3. The van der Waals surface area contributed by atoms with Crippen LogP contribution in [0.15, 0.2) is 12.2 Å². The molecule has 1 N–H and O–H groups in total. The summed E-state index contributed by atoms with van der Waals surface area (Å²) in [5, 5.41) is 9.27. The standard InChI is InChI=1S/C27H48O4/c1-2-3-4-5-6-7-8-9-10-11-12-13-14-15-16-17-20-23-31-27(30)25-22-19-18-21-24(25)26(28)29/h11-12,24-25H,2-10,13-23H2,1H3,(H,28,29)/b12-11+. The van der Waals surface area contributed by atoms with Crippen molar-refractivity contribution in [2.24, 2.45) is 11.8 Å². The van der Waals surface area contributed by atoms with Crippen LogP contribution < -0.4 is 0 Å². The molecule has 0 aromatic rings. The molecule has 0 saturated heterocycles. The summed E-state index contributed by atoms with van der Waals surface area (Å²) in [5.41, 5.74) is 0. The third kappa shape index (κ3) is 14.4. The van der Waals surface area contributed by atoms with Crippen molar-refractivity contribution in [2.45, 2.75) is 129 Å². The lowest BCUT2D eigenvalue weighted by Gasteiger charge is -2.26. The first-order chi connectivity index (χ1) is 15.2. The van der Waals surface area contributed by atoms with E-state index in [0.29, 0.717) is 19.4 Å². The average Bonchev–Trinajstić information content (AvgIpc) is 2.78. The summed E-state index contributed by atoms with van der Waals surface area (Å²) in [5.74, 6) is -2.14. The number of carbonyl (C=O) groups excluding carboxylic acids is 1. The van der Waals surface area contributed by atoms with Crippen molar-refractivity contribution in [1.82, 2.24) is 0 Å². The Hall–Kier alpha value is -1.32. The maximum Gasteiger partial charge on any atom is 0.309 e. The summed E-state index contributed by atoms with van der Waals surface area (Å²) >= 11 is 0. The molecule has 1 aliphatic carbocycles. The van der Waals surface area contributed by atoms with Gasteiger partial charge in [-0.05, 0) is 44.9 Å². The van der Waals surface area contributed by atoms with Crippen LogP contribution in [-0.2, 0) is 14.3 Å². The molecule has 4 heteroatoms. The van der Waals surface area contributed by atoms with E-state index in [0.717, 1.165) is 25.7 Å². The molecule has 1 rings (SSSR count). The first-order valence-electron chi connectivity index (χ1n) is 13.2. The van der Waals surface area contributed by atoms with Gasteiger partial charge < -0.3 is 9.84 Å². The van der Waals surface area contributed by atoms with Gasteiger partial charge in [-0.15, -0.1) is 0 Å². The Labute approximate surface area is 191 Å². The quantitative estimate of drug-likeness (QED) is 0.127. The van der Waals surface area contributed by atoms with Crippen LogP contribution in [0.5, 0.6) is 0 Å². The molecular formula is C27H48O4. The van der Waals surface area contributed by atoms with Gasteiger partial charge in [-0.25, -0.2) is 0 Å². The SMILES string of the molecule is CCCCCCCCCC/C=C/CCCCCCCOC(=O)C1CCCCC1C(=O)O. The second-order valence-corrected chi connectivity index (χ2v) is 9.29. The van der Waals surface area contributed by atoms with Gasteiger partial charge in [0.15, 0.2) is 0 Å². The van der Waals surface area contributed by atoms with Crippen LogP contribution in [0.25, 0.3) is 0 Å². The van der Waals surface area contributed by atoms with E-state index in [4.69, 9.17) is 4.74 Å². The van der Waals surface area contributed by atoms with E-state index in [9.17, 15) is 14.7 Å². The summed E-state index contributed by atoms with van der Waals surface area (Å²) in [4.78, 5) is 23.5. The summed E-state index contributed by atoms with van der Waals surface area (Å²) in [6, 6.07) is 0. The van der Waals surface area contributed by atoms with Gasteiger partial charge in [0.2, 0.25) is 0 Å². The highest BCUT2D eigenvalue weighted by molar-refractivity contribution is 5.81. The summed E-state index contributed by atoms with van der Waals surface area (Å²) < 4.78 is 5.37. The topological polar surface area (TPSA) is 63.6 Å². The molecule has 0 aromatic carbocycles. The molecule has 1 aliphatic rings. The molecule has 0 heterocycles. The molecule has 0 aromatic heterocycles. The number of aliphatic carboxylic acids is 1. The maximum absolute atomic E-state index is 12.2. The van der Waals surface area contributed by atoms with Crippen molar-refractivity contribution in [3.05, 3.63) is 12.2 Å². The van der Waals surface area contributed by atoms with Gasteiger partial charge in [0, 0.05) is 0 Å². The Bertz CT molecular complexity index is 486. The first-order valence-corrected chi connectivity index (χ1v) is 13.2. The molecule has 2 unspecified atom stereocenters. The number of carbonyl (C=O) groups is 2. The summed E-state index contributed by atoms with van der Waals surface area (Å²) in [6.07, 6.45) is 26.8. The molecule has 0 aliphatic heterocycles. The predicted octanol–water partition coefficient (Wildman–Crippen LogP) is 7.85. The van der Waals surface area contributed by atoms with E-state index in [-0.39, 0.29) is 5.97 Å². The fourth-order valence-corrected chi connectivity index (χ4v) is 4.51. The van der Waals surface area contributed by atoms with Crippen LogP contribution in [0.4, 0.5) is 0 Å². The van der Waals surface area contributed by atoms with E-state index < -0.39 is 17.8 Å². The molecule has 0 radical (unpaired) electrons. The first kappa shape index (κ1) is 27.7. The van der Waals surface area contributed by atoms with Crippen LogP contribution in [-0.4, -0.2) is 23.7 Å². The van der Waals surface area contributed by atoms with Crippen molar-refractivity contribution in [3.63, 3.8) is 0 Å². The minimum absolute atomic E-state index is 0.297. The number of hydrogen-bond acceptors (Lipinski definition) is 3. The van der Waals surface area contributed by atoms with Gasteiger partial charge in [-0.1, -0.05) is 96.1 Å². The lowest BCUT2D eigenvalue weighted by Crippen LogP contribution is -2.33. The third-order valence-electron chi connectivity index (χ3n) is 6.54. The highest BCUT2D eigenvalue weighted by atomic mass is 16.5. The Morgan fingerprint density at radius 2 is 1.23 bits per heavy atom. The van der Waals surface area contributed by atoms with Gasteiger partial charge in [-0.3, -0.25) is 9.59 Å². The Morgan fingerprint density at radius 3 is 1.77 bits per heavy atom. The number of ether oxygens (including phenoxy) is 1. The zero-order valence-electron chi connectivity index (χ0n) is 20.1. The van der Waals surface area contributed by atoms with Gasteiger partial charge in [0.05, 0.1) is 18.4 Å². The molecule has 180 valence electrons. The number of hydrogen-bond donors (Lipinski definition) is 1. The van der Waals surface area contributed by atoms with Gasteiger partial charge in [-0.2, -0.15) is 0 Å². The summed E-state index contributed by atoms with van der Waals surface area (Å²) in [7, 11) is 0. The van der Waals surface area contributed by atoms with Crippen molar-refractivity contribution in [3.8, 4) is 0 Å². The average molecular weight is 437 g/mol. The van der Waals surface area contributed by atoms with Gasteiger partial charge in [0.25, 0.3) is 0 Å². The highest BCUT2D eigenvalue weighted by Gasteiger charge is 2.36. The highest BCUT2D eigenvalue weighted by Crippen LogP contribution is 2.31. The van der Waals surface area contributed by atoms with Crippen molar-refractivity contribution in [2.75, 3.05) is 6.61 Å². The second kappa shape index (κ2) is 19.4. The zero-order valence-corrected chi connectivity index (χ0v) is 20.1. The molecular weight excluding hydrogens is 388 g/mol. The minimum atomic E-state index is -0.853. The fourth-order valence-electron chi connectivity index (χ4n) is 4.51. The smallest absolute Gasteiger partial charge is 0.309 e.